The van der Waals surface area contributed by atoms with E-state index in [1.807, 2.05) is 34.0 Å². The molecule has 2 saturated heterocycles. The van der Waals surface area contributed by atoms with Crippen LogP contribution >= 0.6 is 11.6 Å². The zero-order valence-electron chi connectivity index (χ0n) is 19.6. The number of hydrogen-bond donors (Lipinski definition) is 1. The van der Waals surface area contributed by atoms with E-state index in [4.69, 9.17) is 16.3 Å². The first-order chi connectivity index (χ1) is 16.4. The molecule has 1 N–H and O–H groups in total. The van der Waals surface area contributed by atoms with Crippen LogP contribution in [0.3, 0.4) is 0 Å². The number of benzene rings is 1. The van der Waals surface area contributed by atoms with Gasteiger partial charge in [0.05, 0.1) is 59.6 Å². The van der Waals surface area contributed by atoms with Gasteiger partial charge in [0.25, 0.3) is 0 Å². The average Bonchev–Trinajstić information content (AvgIpc) is 3.42. The number of halogens is 1. The van der Waals surface area contributed by atoms with Crippen LogP contribution in [0.15, 0.2) is 30.7 Å². The van der Waals surface area contributed by atoms with Crippen LogP contribution in [0, 0.1) is 5.92 Å². The van der Waals surface area contributed by atoms with Crippen LogP contribution in [0.4, 0.5) is 5.69 Å². The quantitative estimate of drug-likeness (QED) is 0.600. The van der Waals surface area contributed by atoms with Crippen LogP contribution < -0.4 is 10.2 Å². The maximum Gasteiger partial charge on any atom is 0.223 e. The molecule has 0 spiro atoms. The molecule has 180 valence electrons. The number of hydrogen-bond acceptors (Lipinski definition) is 6. The lowest BCUT2D eigenvalue weighted by Crippen LogP contribution is -2.64. The molecule has 1 amide bonds. The summed E-state index contributed by atoms with van der Waals surface area (Å²) in [4.78, 5) is 16.7. The molecular weight excluding hydrogens is 454 g/mol. The average molecular weight is 484 g/mol. The van der Waals surface area contributed by atoms with Crippen molar-refractivity contribution in [3.63, 3.8) is 0 Å². The van der Waals surface area contributed by atoms with Crippen molar-refractivity contribution in [3.8, 4) is 5.69 Å². The van der Waals surface area contributed by atoms with Gasteiger partial charge in [-0.3, -0.25) is 14.4 Å². The van der Waals surface area contributed by atoms with E-state index in [1.54, 1.807) is 7.05 Å². The summed E-state index contributed by atoms with van der Waals surface area (Å²) in [5.74, 6) is 0.194. The van der Waals surface area contributed by atoms with Gasteiger partial charge in [0.15, 0.2) is 0 Å². The van der Waals surface area contributed by atoms with Crippen molar-refractivity contribution < 1.29 is 9.53 Å². The first-order valence-corrected chi connectivity index (χ1v) is 12.3. The second-order valence-corrected chi connectivity index (χ2v) is 10.4. The van der Waals surface area contributed by atoms with Gasteiger partial charge in [0, 0.05) is 44.5 Å². The zero-order chi connectivity index (χ0) is 23.4. The smallest absolute Gasteiger partial charge is 0.223 e. The van der Waals surface area contributed by atoms with E-state index in [0.717, 1.165) is 79.5 Å². The number of nitrogens with one attached hydrogen (secondary N) is 1. The van der Waals surface area contributed by atoms with Gasteiger partial charge in [-0.15, -0.1) is 0 Å². The Labute approximate surface area is 203 Å². The number of rotatable bonds is 5. The second kappa shape index (κ2) is 8.25. The number of anilines is 1. The predicted octanol–water partition coefficient (Wildman–Crippen LogP) is 2.48. The molecule has 3 fully saturated rings. The molecule has 0 atom stereocenters. The van der Waals surface area contributed by atoms with E-state index in [1.165, 1.54) is 0 Å². The summed E-state index contributed by atoms with van der Waals surface area (Å²) in [5, 5.41) is 13.7. The fourth-order valence-corrected chi connectivity index (χ4v) is 5.70. The molecule has 1 aromatic carbocycles. The molecule has 2 aromatic heterocycles. The van der Waals surface area contributed by atoms with E-state index < -0.39 is 0 Å². The van der Waals surface area contributed by atoms with E-state index in [2.05, 4.69) is 38.3 Å². The summed E-state index contributed by atoms with van der Waals surface area (Å²) in [6, 6.07) is 4.41. The van der Waals surface area contributed by atoms with Crippen molar-refractivity contribution in [1.82, 2.24) is 29.8 Å². The van der Waals surface area contributed by atoms with Gasteiger partial charge in [-0.2, -0.15) is 10.2 Å². The molecule has 0 unspecified atom stereocenters. The van der Waals surface area contributed by atoms with E-state index in [9.17, 15) is 4.79 Å². The highest BCUT2D eigenvalue weighted by Gasteiger charge is 2.40. The molecule has 1 aliphatic carbocycles. The first-order valence-electron chi connectivity index (χ1n) is 12.0. The maximum atomic E-state index is 11.8. The third-order valence-corrected chi connectivity index (χ3v) is 8.09. The Morgan fingerprint density at radius 1 is 1.15 bits per heavy atom. The summed E-state index contributed by atoms with van der Waals surface area (Å²) in [6.07, 6.45) is 7.34. The number of ether oxygens (including phenoxy) is 1. The van der Waals surface area contributed by atoms with Gasteiger partial charge in [0.2, 0.25) is 5.91 Å². The SMILES string of the molecule is CNC(=O)[C@H]1C[C@@H](n2cc(-n3ncc4cc(Cl)c(N5CCN(C6(C)COC6)CC5)cc43)cn2)C1. The number of carbonyl (C=O) groups is 1. The molecule has 10 heteroatoms. The van der Waals surface area contributed by atoms with Crippen LogP contribution in [0.5, 0.6) is 0 Å². The summed E-state index contributed by atoms with van der Waals surface area (Å²) >= 11 is 6.72. The second-order valence-electron chi connectivity index (χ2n) is 10.00. The highest BCUT2D eigenvalue weighted by molar-refractivity contribution is 6.34. The third-order valence-electron chi connectivity index (χ3n) is 7.78. The van der Waals surface area contributed by atoms with Crippen LogP contribution in [0.25, 0.3) is 16.6 Å². The molecule has 6 rings (SSSR count). The van der Waals surface area contributed by atoms with Crippen molar-refractivity contribution in [2.45, 2.75) is 31.3 Å². The Morgan fingerprint density at radius 3 is 2.59 bits per heavy atom. The van der Waals surface area contributed by atoms with Gasteiger partial charge in [0.1, 0.15) is 5.69 Å². The van der Waals surface area contributed by atoms with Crippen molar-refractivity contribution >= 4 is 34.1 Å². The normalized spacial score (nSPS) is 24.6. The molecule has 0 radical (unpaired) electrons. The number of carbonyl (C=O) groups excluding carboxylic acids is 1. The summed E-state index contributed by atoms with van der Waals surface area (Å²) in [5.41, 5.74) is 3.15. The number of nitrogens with zero attached hydrogens (tertiary/aromatic N) is 6. The van der Waals surface area contributed by atoms with Gasteiger partial charge in [-0.25, -0.2) is 4.68 Å². The third kappa shape index (κ3) is 3.57. The number of amides is 1. The molecule has 4 heterocycles. The summed E-state index contributed by atoms with van der Waals surface area (Å²) < 4.78 is 9.34. The molecular formula is C24H30ClN7O2. The molecule has 3 aromatic rings. The van der Waals surface area contributed by atoms with Gasteiger partial charge >= 0.3 is 0 Å². The van der Waals surface area contributed by atoms with Crippen LogP contribution in [0.2, 0.25) is 5.02 Å². The van der Waals surface area contributed by atoms with E-state index in [0.29, 0.717) is 0 Å². The van der Waals surface area contributed by atoms with Crippen LogP contribution in [-0.4, -0.2) is 82.3 Å². The van der Waals surface area contributed by atoms with Crippen molar-refractivity contribution in [3.05, 3.63) is 35.7 Å². The van der Waals surface area contributed by atoms with Gasteiger partial charge < -0.3 is 15.0 Å². The van der Waals surface area contributed by atoms with Crippen LogP contribution in [0.1, 0.15) is 25.8 Å². The van der Waals surface area contributed by atoms with E-state index >= 15 is 0 Å². The minimum atomic E-state index is 0.0813. The summed E-state index contributed by atoms with van der Waals surface area (Å²) in [6.45, 7) is 7.78. The fraction of sp³-hybridized carbons (Fsp3) is 0.542. The molecule has 3 aliphatic rings. The molecule has 9 nitrogen and oxygen atoms in total. The lowest BCUT2D eigenvalue weighted by atomic mass is 9.80. The largest absolute Gasteiger partial charge is 0.377 e. The fourth-order valence-electron chi connectivity index (χ4n) is 5.41. The Balaban J connectivity index is 1.21. The topological polar surface area (TPSA) is 80.5 Å². The van der Waals surface area contributed by atoms with Crippen molar-refractivity contribution in [1.29, 1.82) is 0 Å². The zero-order valence-corrected chi connectivity index (χ0v) is 20.3. The molecule has 2 aliphatic heterocycles. The highest BCUT2D eigenvalue weighted by atomic mass is 35.5. The first kappa shape index (κ1) is 21.9. The monoisotopic (exact) mass is 483 g/mol. The Hall–Kier alpha value is -2.62. The maximum absolute atomic E-state index is 11.8. The lowest BCUT2D eigenvalue weighted by molar-refractivity contribution is -0.131. The van der Waals surface area contributed by atoms with Crippen LogP contribution in [-0.2, 0) is 9.53 Å². The standard InChI is InChI=1S/C24H30ClN7O2/c1-24(14-34-15-24)30-5-3-29(4-6-30)22-10-21-17(9-20(22)25)11-28-32(21)19-12-27-31(13-19)18-7-16(8-18)23(33)26-2/h9-13,16,18H,3-8,14-15H2,1-2H3,(H,26,33)/t16-,18+. The molecule has 0 bridgehead atoms. The number of piperazine rings is 1. The highest BCUT2D eigenvalue weighted by Crippen LogP contribution is 2.38. The number of fused-ring (bicyclic) bond motifs is 1. The molecule has 1 saturated carbocycles. The Bertz CT molecular complexity index is 1220. The van der Waals surface area contributed by atoms with Crippen molar-refractivity contribution in [2.24, 2.45) is 5.92 Å². The van der Waals surface area contributed by atoms with Gasteiger partial charge in [-0.05, 0) is 31.9 Å². The van der Waals surface area contributed by atoms with Crippen molar-refractivity contribution in [2.75, 3.05) is 51.3 Å². The minimum Gasteiger partial charge on any atom is -0.377 e. The van der Waals surface area contributed by atoms with Gasteiger partial charge in [-0.1, -0.05) is 11.6 Å². The predicted molar refractivity (Wildman–Crippen MR) is 131 cm³/mol. The lowest BCUT2D eigenvalue weighted by Gasteiger charge is -2.50. The minimum absolute atomic E-state index is 0.0813. The Morgan fingerprint density at radius 2 is 1.91 bits per heavy atom. The number of aromatic nitrogens is 4. The molecule has 34 heavy (non-hydrogen) atoms. The summed E-state index contributed by atoms with van der Waals surface area (Å²) in [7, 11) is 1.69. The Kier molecular flexibility index (Phi) is 5.31. The van der Waals surface area contributed by atoms with E-state index in [-0.39, 0.29) is 23.4 Å².